The number of aromatic amines is 1. The molecular formula is C16H13F3N6O3S. The van der Waals surface area contributed by atoms with Crippen LogP contribution >= 0.6 is 0 Å². The third-order valence-electron chi connectivity index (χ3n) is 4.29. The summed E-state index contributed by atoms with van der Waals surface area (Å²) in [5.74, 6) is 0.0140. The van der Waals surface area contributed by atoms with Crippen LogP contribution in [-0.2, 0) is 16.2 Å². The Hall–Kier alpha value is -3.19. The Labute approximate surface area is 162 Å². The van der Waals surface area contributed by atoms with E-state index in [4.69, 9.17) is 9.88 Å². The topological polar surface area (TPSA) is 136 Å². The van der Waals surface area contributed by atoms with Gasteiger partial charge in [0.15, 0.2) is 0 Å². The lowest BCUT2D eigenvalue weighted by atomic mass is 9.95. The van der Waals surface area contributed by atoms with Crippen LogP contribution in [0.1, 0.15) is 5.56 Å². The number of nitrogens with zero attached hydrogens (tertiary/aromatic N) is 3. The van der Waals surface area contributed by atoms with Crippen molar-refractivity contribution in [2.45, 2.75) is 11.1 Å². The van der Waals surface area contributed by atoms with Crippen LogP contribution in [-0.4, -0.2) is 42.2 Å². The fourth-order valence-corrected chi connectivity index (χ4v) is 4.17. The van der Waals surface area contributed by atoms with E-state index < -0.39 is 32.2 Å². The van der Waals surface area contributed by atoms with Crippen molar-refractivity contribution >= 4 is 15.7 Å². The molecule has 13 heteroatoms. The van der Waals surface area contributed by atoms with Gasteiger partial charge in [0.25, 0.3) is 0 Å². The van der Waals surface area contributed by atoms with Gasteiger partial charge in [-0.2, -0.15) is 18.4 Å². The van der Waals surface area contributed by atoms with Gasteiger partial charge >= 0.3 is 6.18 Å². The van der Waals surface area contributed by atoms with Gasteiger partial charge in [0.05, 0.1) is 16.8 Å². The van der Waals surface area contributed by atoms with Crippen LogP contribution < -0.4 is 15.2 Å². The van der Waals surface area contributed by atoms with Crippen molar-refractivity contribution in [3.8, 4) is 28.3 Å². The quantitative estimate of drug-likeness (QED) is 0.583. The van der Waals surface area contributed by atoms with Crippen LogP contribution in [0.15, 0.2) is 35.2 Å². The van der Waals surface area contributed by atoms with Gasteiger partial charge in [0.1, 0.15) is 17.3 Å². The number of hydrogen-bond donors (Lipinski definition) is 3. The van der Waals surface area contributed by atoms with Crippen molar-refractivity contribution in [1.82, 2.24) is 20.6 Å². The number of aromatic nitrogens is 4. The number of tetrazole rings is 1. The second-order valence-corrected chi connectivity index (χ2v) is 7.60. The molecule has 0 atom stereocenters. The van der Waals surface area contributed by atoms with Gasteiger partial charge in [0, 0.05) is 12.1 Å². The molecule has 0 fully saturated rings. The highest BCUT2D eigenvalue weighted by atomic mass is 32.2. The minimum absolute atomic E-state index is 0.101. The second kappa shape index (κ2) is 6.70. The Bertz CT molecular complexity index is 1180. The lowest BCUT2D eigenvalue weighted by Gasteiger charge is -2.23. The van der Waals surface area contributed by atoms with Gasteiger partial charge in [0.2, 0.25) is 15.8 Å². The summed E-state index contributed by atoms with van der Waals surface area (Å²) in [7, 11) is -4.82. The van der Waals surface area contributed by atoms with Crippen molar-refractivity contribution < 1.29 is 26.3 Å². The average Bonchev–Trinajstić information content (AvgIpc) is 3.19. The van der Waals surface area contributed by atoms with Crippen molar-refractivity contribution in [2.24, 2.45) is 5.14 Å². The van der Waals surface area contributed by atoms with Crippen molar-refractivity contribution in [3.05, 3.63) is 35.9 Å². The minimum Gasteiger partial charge on any atom is -0.489 e. The van der Waals surface area contributed by atoms with E-state index in [9.17, 15) is 21.6 Å². The Balaban J connectivity index is 2.13. The monoisotopic (exact) mass is 426 g/mol. The molecule has 0 unspecified atom stereocenters. The SMILES string of the molecule is NS(=O)(=O)c1c(C(F)(F)F)ccc(-c2cccc3c2OCCN3)c1-c1nn[nH]n1. The van der Waals surface area contributed by atoms with Crippen LogP contribution in [0.4, 0.5) is 18.9 Å². The number of benzene rings is 2. The van der Waals surface area contributed by atoms with Gasteiger partial charge in [-0.05, 0) is 22.9 Å². The molecule has 2 heterocycles. The van der Waals surface area contributed by atoms with E-state index in [0.717, 1.165) is 6.07 Å². The lowest BCUT2D eigenvalue weighted by Crippen LogP contribution is -2.21. The summed E-state index contributed by atoms with van der Waals surface area (Å²) in [5.41, 5.74) is -0.770. The summed E-state index contributed by atoms with van der Waals surface area (Å²) >= 11 is 0. The largest absolute Gasteiger partial charge is 0.489 e. The zero-order chi connectivity index (χ0) is 20.8. The molecule has 4 rings (SSSR count). The fourth-order valence-electron chi connectivity index (χ4n) is 3.20. The molecule has 0 spiro atoms. The van der Waals surface area contributed by atoms with Gasteiger partial charge < -0.3 is 10.1 Å². The van der Waals surface area contributed by atoms with E-state index in [1.165, 1.54) is 0 Å². The number of halogens is 3. The molecule has 0 bridgehead atoms. The molecule has 0 saturated heterocycles. The second-order valence-electron chi connectivity index (χ2n) is 6.10. The summed E-state index contributed by atoms with van der Waals surface area (Å²) in [6.45, 7) is 0.869. The molecule has 2 aromatic carbocycles. The number of H-pyrrole nitrogens is 1. The van der Waals surface area contributed by atoms with Crippen LogP contribution in [0.2, 0.25) is 0 Å². The Kier molecular flexibility index (Phi) is 4.42. The number of nitrogens with one attached hydrogen (secondary N) is 2. The van der Waals surface area contributed by atoms with Crippen molar-refractivity contribution in [2.75, 3.05) is 18.5 Å². The standard InChI is InChI=1S/C16H13F3N6O3S/c17-16(18,19)10-5-4-8(9-2-1-3-11-13(9)28-7-6-21-11)12(14(10)29(20,26)27)15-22-24-25-23-15/h1-5,21H,6-7H2,(H2,20,26,27)(H,22,23,24,25). The lowest BCUT2D eigenvalue weighted by molar-refractivity contribution is -0.139. The number of hydrogen-bond acceptors (Lipinski definition) is 7. The van der Waals surface area contributed by atoms with Gasteiger partial charge in [-0.25, -0.2) is 13.6 Å². The van der Waals surface area contributed by atoms with E-state index in [0.29, 0.717) is 36.2 Å². The van der Waals surface area contributed by atoms with Crippen molar-refractivity contribution in [3.63, 3.8) is 0 Å². The molecule has 1 aliphatic rings. The Morgan fingerprint density at radius 3 is 2.59 bits per heavy atom. The number of anilines is 1. The molecule has 0 aliphatic carbocycles. The highest BCUT2D eigenvalue weighted by Gasteiger charge is 2.40. The molecule has 0 saturated carbocycles. The number of rotatable bonds is 3. The average molecular weight is 426 g/mol. The van der Waals surface area contributed by atoms with Gasteiger partial charge in [-0.1, -0.05) is 18.2 Å². The van der Waals surface area contributed by atoms with Crippen molar-refractivity contribution in [1.29, 1.82) is 0 Å². The zero-order valence-electron chi connectivity index (χ0n) is 14.5. The maximum atomic E-state index is 13.6. The number of primary sulfonamides is 1. The summed E-state index contributed by atoms with van der Waals surface area (Å²) in [5, 5.41) is 21.1. The molecule has 0 radical (unpaired) electrons. The summed E-state index contributed by atoms with van der Waals surface area (Å²) in [6, 6.07) is 6.77. The smallest absolute Gasteiger partial charge is 0.417 e. The van der Waals surface area contributed by atoms with Crippen LogP contribution in [0, 0.1) is 0 Å². The number of fused-ring (bicyclic) bond motifs is 1. The molecule has 4 N–H and O–H groups in total. The summed E-state index contributed by atoms with van der Waals surface area (Å²) < 4.78 is 70.9. The third-order valence-corrected chi connectivity index (χ3v) is 5.28. The molecule has 3 aromatic rings. The van der Waals surface area contributed by atoms with Crippen LogP contribution in [0.25, 0.3) is 22.5 Å². The Morgan fingerprint density at radius 1 is 1.14 bits per heavy atom. The van der Waals surface area contributed by atoms with E-state index in [1.54, 1.807) is 18.2 Å². The number of para-hydroxylation sites is 1. The maximum Gasteiger partial charge on any atom is 0.417 e. The molecule has 9 nitrogen and oxygen atoms in total. The molecule has 1 aromatic heterocycles. The summed E-state index contributed by atoms with van der Waals surface area (Å²) in [4.78, 5) is -1.13. The third kappa shape index (κ3) is 3.38. The number of nitrogens with two attached hydrogens (primary N) is 1. The first-order valence-corrected chi connectivity index (χ1v) is 9.73. The first-order valence-electron chi connectivity index (χ1n) is 8.19. The maximum absolute atomic E-state index is 13.6. The normalized spacial score (nSPS) is 14.1. The van der Waals surface area contributed by atoms with E-state index in [2.05, 4.69) is 25.9 Å². The van der Waals surface area contributed by atoms with E-state index in [-0.39, 0.29) is 11.4 Å². The first-order chi connectivity index (χ1) is 13.7. The number of alkyl halides is 3. The molecule has 0 amide bonds. The first kappa shape index (κ1) is 19.1. The highest BCUT2D eigenvalue weighted by Crippen LogP contribution is 2.46. The fraction of sp³-hybridized carbons (Fsp3) is 0.188. The Morgan fingerprint density at radius 2 is 1.93 bits per heavy atom. The molecule has 152 valence electrons. The molecule has 29 heavy (non-hydrogen) atoms. The predicted octanol–water partition coefficient (Wildman–Crippen LogP) is 2.00. The molecule has 1 aliphatic heterocycles. The number of sulfonamides is 1. The van der Waals surface area contributed by atoms with E-state index >= 15 is 0 Å². The van der Waals surface area contributed by atoms with Crippen LogP contribution in [0.5, 0.6) is 5.75 Å². The number of ether oxygens (including phenoxy) is 1. The molecular weight excluding hydrogens is 413 g/mol. The zero-order valence-corrected chi connectivity index (χ0v) is 15.3. The van der Waals surface area contributed by atoms with Gasteiger partial charge in [-0.15, -0.1) is 10.2 Å². The summed E-state index contributed by atoms with van der Waals surface area (Å²) in [6.07, 6.45) is -4.98. The van der Waals surface area contributed by atoms with Crippen LogP contribution in [0.3, 0.4) is 0 Å². The van der Waals surface area contributed by atoms with E-state index in [1.807, 2.05) is 0 Å². The highest BCUT2D eigenvalue weighted by molar-refractivity contribution is 7.89. The van der Waals surface area contributed by atoms with Gasteiger partial charge in [-0.3, -0.25) is 0 Å². The predicted molar refractivity (Wildman–Crippen MR) is 95.4 cm³/mol. The minimum atomic E-state index is -4.98.